The highest BCUT2D eigenvalue weighted by Crippen LogP contribution is 2.34. The highest BCUT2D eigenvalue weighted by molar-refractivity contribution is 7.90. The maximum atomic E-state index is 11.9. The van der Waals surface area contributed by atoms with Crippen molar-refractivity contribution in [2.24, 2.45) is 0 Å². The quantitative estimate of drug-likeness (QED) is 0.217. The van der Waals surface area contributed by atoms with Crippen molar-refractivity contribution in [3.63, 3.8) is 0 Å². The van der Waals surface area contributed by atoms with Crippen LogP contribution >= 0.6 is 11.3 Å². The molecule has 0 saturated heterocycles. The molecule has 5 rings (SSSR count). The first-order valence-electron chi connectivity index (χ1n) is 11.8. The molecule has 0 atom stereocenters. The Kier molecular flexibility index (Phi) is 6.61. The fourth-order valence-corrected chi connectivity index (χ4v) is 5.68. The summed E-state index contributed by atoms with van der Waals surface area (Å²) in [7, 11) is -3.25. The molecular formula is C31H27NO2S2. The average molecular weight is 510 g/mol. The van der Waals surface area contributed by atoms with E-state index in [2.05, 4.69) is 85.6 Å². The molecule has 0 saturated carbocycles. The van der Waals surface area contributed by atoms with Crippen LogP contribution in [0.2, 0.25) is 0 Å². The van der Waals surface area contributed by atoms with E-state index in [1.807, 2.05) is 17.5 Å². The summed E-state index contributed by atoms with van der Waals surface area (Å²) in [6.45, 7) is 4.45. The number of benzene rings is 4. The molecule has 1 heterocycles. The van der Waals surface area contributed by atoms with Crippen molar-refractivity contribution in [1.29, 1.82) is 0 Å². The Labute approximate surface area is 216 Å². The van der Waals surface area contributed by atoms with Crippen molar-refractivity contribution in [2.75, 3.05) is 6.26 Å². The summed E-state index contributed by atoms with van der Waals surface area (Å²) >= 11 is 1.56. The van der Waals surface area contributed by atoms with Gasteiger partial charge in [-0.25, -0.2) is 13.4 Å². The van der Waals surface area contributed by atoms with Crippen LogP contribution in [-0.4, -0.2) is 19.7 Å². The van der Waals surface area contributed by atoms with E-state index in [-0.39, 0.29) is 0 Å². The van der Waals surface area contributed by atoms with Crippen LogP contribution in [0.25, 0.3) is 33.5 Å². The summed E-state index contributed by atoms with van der Waals surface area (Å²) < 4.78 is 23.9. The van der Waals surface area contributed by atoms with Gasteiger partial charge in [0.15, 0.2) is 9.84 Å². The van der Waals surface area contributed by atoms with E-state index < -0.39 is 9.84 Å². The van der Waals surface area contributed by atoms with Crippen molar-refractivity contribution < 1.29 is 8.42 Å². The second kappa shape index (κ2) is 9.84. The summed E-state index contributed by atoms with van der Waals surface area (Å²) in [6.07, 6.45) is 5.15. The number of aromatic nitrogens is 1. The van der Waals surface area contributed by atoms with Crippen LogP contribution in [0.4, 0.5) is 0 Å². The Bertz CT molecular complexity index is 1660. The molecule has 0 aliphatic rings. The van der Waals surface area contributed by atoms with E-state index in [1.165, 1.54) is 28.2 Å². The van der Waals surface area contributed by atoms with Gasteiger partial charge < -0.3 is 0 Å². The Morgan fingerprint density at radius 2 is 1.69 bits per heavy atom. The maximum Gasteiger partial charge on any atom is 0.175 e. The molecule has 0 bridgehead atoms. The summed E-state index contributed by atoms with van der Waals surface area (Å²) in [5, 5.41) is 5.32. The van der Waals surface area contributed by atoms with Crippen molar-refractivity contribution >= 4 is 43.6 Å². The normalized spacial score (nSPS) is 12.4. The SMILES string of the molecule is CC(C)c1cc(-c2cccc(/C=C(/c3ccc(S(C)(=O)=O)cc3)c3nccs3)c2)c2ccccc2c1. The standard InChI is InChI=1S/C31H27NO2S2/c1-21(2)26-19-25-8-4-5-10-28(25)29(20-26)24-9-6-7-22(17-24)18-30(31-32-15-16-35-31)23-11-13-27(14-12-23)36(3,33)34/h4-21H,1-3H3/b30-18-. The van der Waals surface area contributed by atoms with Crippen molar-refractivity contribution in [3.8, 4) is 11.1 Å². The summed E-state index contributed by atoms with van der Waals surface area (Å²) in [4.78, 5) is 4.85. The van der Waals surface area contributed by atoms with E-state index in [1.54, 1.807) is 29.7 Å². The fourth-order valence-electron chi connectivity index (χ4n) is 4.38. The smallest absolute Gasteiger partial charge is 0.175 e. The number of rotatable bonds is 6. The number of hydrogen-bond acceptors (Lipinski definition) is 4. The molecule has 0 fully saturated rings. The molecule has 0 unspecified atom stereocenters. The van der Waals surface area contributed by atoms with E-state index >= 15 is 0 Å². The molecule has 0 aliphatic heterocycles. The molecule has 1 aromatic heterocycles. The lowest BCUT2D eigenvalue weighted by atomic mass is 9.91. The zero-order valence-electron chi connectivity index (χ0n) is 20.5. The topological polar surface area (TPSA) is 47.0 Å². The Morgan fingerprint density at radius 1 is 0.917 bits per heavy atom. The van der Waals surface area contributed by atoms with Gasteiger partial charge in [-0.1, -0.05) is 80.6 Å². The first-order chi connectivity index (χ1) is 17.3. The van der Waals surface area contributed by atoms with Crippen molar-refractivity contribution in [3.05, 3.63) is 118 Å². The van der Waals surface area contributed by atoms with Gasteiger partial charge in [0, 0.05) is 23.4 Å². The summed E-state index contributed by atoms with van der Waals surface area (Å²) in [5.41, 5.74) is 6.65. The van der Waals surface area contributed by atoms with Gasteiger partial charge in [0.2, 0.25) is 0 Å². The third-order valence-corrected chi connectivity index (χ3v) is 8.25. The third kappa shape index (κ3) is 5.03. The van der Waals surface area contributed by atoms with E-state index in [9.17, 15) is 8.42 Å². The molecule has 5 aromatic rings. The van der Waals surface area contributed by atoms with E-state index in [0.717, 1.165) is 27.3 Å². The molecular weight excluding hydrogens is 482 g/mol. The summed E-state index contributed by atoms with van der Waals surface area (Å²) in [6, 6.07) is 28.7. The molecule has 0 N–H and O–H groups in total. The molecule has 0 amide bonds. The molecule has 0 aliphatic carbocycles. The van der Waals surface area contributed by atoms with Crippen LogP contribution in [-0.2, 0) is 9.84 Å². The first kappa shape index (κ1) is 24.2. The van der Waals surface area contributed by atoms with E-state index in [0.29, 0.717) is 10.8 Å². The molecule has 4 aromatic carbocycles. The molecule has 36 heavy (non-hydrogen) atoms. The minimum absolute atomic E-state index is 0.309. The minimum Gasteiger partial charge on any atom is -0.245 e. The van der Waals surface area contributed by atoms with Crippen LogP contribution in [0.1, 0.15) is 41.5 Å². The van der Waals surface area contributed by atoms with Gasteiger partial charge >= 0.3 is 0 Å². The van der Waals surface area contributed by atoms with Gasteiger partial charge in [0.1, 0.15) is 5.01 Å². The highest BCUT2D eigenvalue weighted by atomic mass is 32.2. The fraction of sp³-hybridized carbons (Fsp3) is 0.129. The zero-order valence-corrected chi connectivity index (χ0v) is 22.1. The lowest BCUT2D eigenvalue weighted by Gasteiger charge is -2.14. The minimum atomic E-state index is -3.25. The van der Waals surface area contributed by atoms with Gasteiger partial charge in [0.25, 0.3) is 0 Å². The van der Waals surface area contributed by atoms with Crippen molar-refractivity contribution in [1.82, 2.24) is 4.98 Å². The second-order valence-corrected chi connectivity index (χ2v) is 12.2. The van der Waals surface area contributed by atoms with Gasteiger partial charge in [0.05, 0.1) is 4.90 Å². The molecule has 180 valence electrons. The third-order valence-electron chi connectivity index (χ3n) is 6.32. The predicted molar refractivity (Wildman–Crippen MR) is 152 cm³/mol. The summed E-state index contributed by atoms with van der Waals surface area (Å²) in [5.74, 6) is 0.433. The lowest BCUT2D eigenvalue weighted by molar-refractivity contribution is 0.602. The lowest BCUT2D eigenvalue weighted by Crippen LogP contribution is -1.97. The van der Waals surface area contributed by atoms with Gasteiger partial charge in [-0.3, -0.25) is 0 Å². The van der Waals surface area contributed by atoms with Gasteiger partial charge in [-0.2, -0.15) is 0 Å². The zero-order chi connectivity index (χ0) is 25.3. The van der Waals surface area contributed by atoms with Crippen LogP contribution in [0.3, 0.4) is 0 Å². The number of hydrogen-bond donors (Lipinski definition) is 0. The number of fused-ring (bicyclic) bond motifs is 1. The Balaban J connectivity index is 1.63. The molecule has 0 radical (unpaired) electrons. The highest BCUT2D eigenvalue weighted by Gasteiger charge is 2.13. The second-order valence-electron chi connectivity index (χ2n) is 9.26. The van der Waals surface area contributed by atoms with Crippen LogP contribution in [0, 0.1) is 0 Å². The number of sulfone groups is 1. The maximum absolute atomic E-state index is 11.9. The predicted octanol–water partition coefficient (Wildman–Crippen LogP) is 8.08. The monoisotopic (exact) mass is 509 g/mol. The molecule has 3 nitrogen and oxygen atoms in total. The number of thiazole rings is 1. The van der Waals surface area contributed by atoms with Crippen LogP contribution < -0.4 is 0 Å². The van der Waals surface area contributed by atoms with E-state index in [4.69, 9.17) is 0 Å². The Morgan fingerprint density at radius 3 is 2.39 bits per heavy atom. The molecule has 0 spiro atoms. The van der Waals surface area contributed by atoms with Gasteiger partial charge in [-0.05, 0) is 68.8 Å². The van der Waals surface area contributed by atoms with Crippen molar-refractivity contribution in [2.45, 2.75) is 24.7 Å². The van der Waals surface area contributed by atoms with Crippen LogP contribution in [0.15, 0.2) is 101 Å². The largest absolute Gasteiger partial charge is 0.245 e. The average Bonchev–Trinajstić information content (AvgIpc) is 3.41. The van der Waals surface area contributed by atoms with Crippen LogP contribution in [0.5, 0.6) is 0 Å². The first-order valence-corrected chi connectivity index (χ1v) is 14.6. The Hall–Kier alpha value is -3.54. The number of nitrogens with zero attached hydrogens (tertiary/aromatic N) is 1. The van der Waals surface area contributed by atoms with Gasteiger partial charge in [-0.15, -0.1) is 11.3 Å². The molecule has 5 heteroatoms.